The summed E-state index contributed by atoms with van der Waals surface area (Å²) in [5, 5.41) is 26.9. The number of morpholine rings is 1. The first-order valence-corrected chi connectivity index (χ1v) is 12.9. The lowest BCUT2D eigenvalue weighted by molar-refractivity contribution is -0.193. The van der Waals surface area contributed by atoms with Crippen LogP contribution in [0, 0.1) is 0 Å². The van der Waals surface area contributed by atoms with Gasteiger partial charge < -0.3 is 30.3 Å². The van der Waals surface area contributed by atoms with Crippen LogP contribution >= 0.6 is 0 Å². The molecule has 1 fully saturated rings. The summed E-state index contributed by atoms with van der Waals surface area (Å²) in [6.45, 7) is 5.10. The van der Waals surface area contributed by atoms with Gasteiger partial charge in [-0.3, -0.25) is 10.00 Å². The number of amides is 2. The van der Waals surface area contributed by atoms with E-state index in [9.17, 15) is 31.1 Å². The van der Waals surface area contributed by atoms with Crippen LogP contribution in [-0.2, 0) is 20.9 Å². The van der Waals surface area contributed by atoms with E-state index < -0.39 is 24.3 Å². The standard InChI is InChI=1S/C23H27N5O3.2C2HF3O2/c29-23(24-15-18-4-2-1-3-5-18)27-21-7-6-19(20-16-25-26-17-20)14-22(21)31-13-10-28-8-11-30-12-9-28;2*3-2(4,5)1(6)7/h1-7,14,16-17H,8-13,15H2,(H,25,26)(H2,24,27,29);2*(H,6,7). The minimum atomic E-state index is -5.08. The molecule has 4 rings (SSSR count). The number of hydrogen-bond acceptors (Lipinski definition) is 7. The zero-order valence-electron chi connectivity index (χ0n) is 23.3. The number of carbonyl (C=O) groups excluding carboxylic acids is 1. The van der Waals surface area contributed by atoms with Crippen molar-refractivity contribution in [3.05, 3.63) is 66.5 Å². The van der Waals surface area contributed by atoms with Gasteiger partial charge in [0, 0.05) is 37.9 Å². The van der Waals surface area contributed by atoms with Crippen LogP contribution in [0.2, 0.25) is 0 Å². The van der Waals surface area contributed by atoms with Crippen molar-refractivity contribution in [1.29, 1.82) is 0 Å². The van der Waals surface area contributed by atoms with Crippen LogP contribution in [0.25, 0.3) is 11.1 Å². The SMILES string of the molecule is O=C(NCc1ccccc1)Nc1ccc(-c2cn[nH]c2)cc1OCCN1CCOCC1.O=C(O)C(F)(F)F.O=C(O)C(F)(F)F. The Morgan fingerprint density at radius 2 is 1.53 bits per heavy atom. The van der Waals surface area contributed by atoms with Crippen LogP contribution in [0.4, 0.5) is 36.8 Å². The quantitative estimate of drug-likeness (QED) is 0.223. The summed E-state index contributed by atoms with van der Waals surface area (Å²) in [6, 6.07) is 15.2. The highest BCUT2D eigenvalue weighted by Crippen LogP contribution is 2.31. The van der Waals surface area contributed by atoms with Crippen molar-refractivity contribution in [3.8, 4) is 16.9 Å². The fourth-order valence-electron chi connectivity index (χ4n) is 3.39. The largest absolute Gasteiger partial charge is 0.490 e. The van der Waals surface area contributed by atoms with E-state index in [-0.39, 0.29) is 6.03 Å². The van der Waals surface area contributed by atoms with Crippen LogP contribution in [0.1, 0.15) is 5.56 Å². The Balaban J connectivity index is 0.000000421. The van der Waals surface area contributed by atoms with Crippen molar-refractivity contribution >= 4 is 23.7 Å². The summed E-state index contributed by atoms with van der Waals surface area (Å²) in [6.07, 6.45) is -6.58. The van der Waals surface area contributed by atoms with Gasteiger partial charge in [-0.05, 0) is 23.3 Å². The van der Waals surface area contributed by atoms with Crippen LogP contribution in [0.15, 0.2) is 60.9 Å². The van der Waals surface area contributed by atoms with E-state index in [2.05, 4.69) is 25.7 Å². The maximum Gasteiger partial charge on any atom is 0.490 e. The second-order valence-electron chi connectivity index (χ2n) is 8.90. The first-order chi connectivity index (χ1) is 21.2. The van der Waals surface area contributed by atoms with Crippen molar-refractivity contribution in [3.63, 3.8) is 0 Å². The van der Waals surface area contributed by atoms with E-state index in [1.54, 1.807) is 6.20 Å². The molecule has 246 valence electrons. The molecule has 0 saturated carbocycles. The molecule has 1 aliphatic rings. The van der Waals surface area contributed by atoms with Gasteiger partial charge in [0.1, 0.15) is 12.4 Å². The second kappa shape index (κ2) is 17.5. The van der Waals surface area contributed by atoms with Crippen molar-refractivity contribution < 1.29 is 60.4 Å². The molecule has 2 heterocycles. The molecule has 3 aromatic rings. The molecule has 0 spiro atoms. The molecule has 18 heteroatoms. The average molecular weight is 650 g/mol. The number of carboxylic acids is 2. The van der Waals surface area contributed by atoms with Crippen LogP contribution in [-0.4, -0.2) is 95.1 Å². The second-order valence-corrected chi connectivity index (χ2v) is 8.90. The lowest BCUT2D eigenvalue weighted by Gasteiger charge is -2.26. The van der Waals surface area contributed by atoms with Gasteiger partial charge in [0.15, 0.2) is 0 Å². The Bertz CT molecular complexity index is 1330. The van der Waals surface area contributed by atoms with Gasteiger partial charge >= 0.3 is 30.3 Å². The van der Waals surface area contributed by atoms with Gasteiger partial charge in [0.25, 0.3) is 0 Å². The Morgan fingerprint density at radius 1 is 0.933 bits per heavy atom. The third-order valence-electron chi connectivity index (χ3n) is 5.61. The monoisotopic (exact) mass is 649 g/mol. The van der Waals surface area contributed by atoms with Gasteiger partial charge in [0.2, 0.25) is 0 Å². The smallest absolute Gasteiger partial charge is 0.490 e. The number of aromatic nitrogens is 2. The number of carbonyl (C=O) groups is 3. The van der Waals surface area contributed by atoms with Crippen molar-refractivity contribution in [1.82, 2.24) is 20.4 Å². The zero-order chi connectivity index (χ0) is 33.5. The van der Waals surface area contributed by atoms with Gasteiger partial charge in [-0.1, -0.05) is 36.4 Å². The molecule has 0 aliphatic carbocycles. The molecular weight excluding hydrogens is 620 g/mol. The van der Waals surface area contributed by atoms with E-state index in [1.165, 1.54) is 0 Å². The average Bonchev–Trinajstić information content (AvgIpc) is 3.53. The minimum absolute atomic E-state index is 0.280. The number of H-pyrrole nitrogens is 1. The summed E-state index contributed by atoms with van der Waals surface area (Å²) in [4.78, 5) is 32.6. The topological polar surface area (TPSA) is 166 Å². The molecule has 1 aromatic heterocycles. The van der Waals surface area contributed by atoms with Crippen molar-refractivity contribution in [2.75, 3.05) is 44.8 Å². The number of alkyl halides is 6. The molecule has 45 heavy (non-hydrogen) atoms. The number of carboxylic acid groups (broad SMARTS) is 2. The number of anilines is 1. The molecule has 0 atom stereocenters. The lowest BCUT2D eigenvalue weighted by Crippen LogP contribution is -2.38. The van der Waals surface area contributed by atoms with Gasteiger partial charge in [-0.25, -0.2) is 14.4 Å². The summed E-state index contributed by atoms with van der Waals surface area (Å²) in [7, 11) is 0. The first kappa shape index (κ1) is 36.4. The Hall–Kier alpha value is -4.84. The van der Waals surface area contributed by atoms with Gasteiger partial charge in [-0.2, -0.15) is 31.4 Å². The molecule has 0 unspecified atom stereocenters. The maximum absolute atomic E-state index is 12.5. The third kappa shape index (κ3) is 14.0. The van der Waals surface area contributed by atoms with E-state index in [1.807, 2.05) is 54.7 Å². The molecule has 1 saturated heterocycles. The number of urea groups is 1. The number of halogens is 6. The first-order valence-electron chi connectivity index (χ1n) is 12.9. The molecular formula is C27H29F6N5O7. The van der Waals surface area contributed by atoms with E-state index in [0.29, 0.717) is 24.6 Å². The molecule has 5 N–H and O–H groups in total. The number of ether oxygens (including phenoxy) is 2. The predicted octanol–water partition coefficient (Wildman–Crippen LogP) is 4.38. The number of aromatic amines is 1. The van der Waals surface area contributed by atoms with E-state index in [4.69, 9.17) is 29.3 Å². The number of aliphatic carboxylic acids is 2. The molecule has 2 aromatic carbocycles. The molecule has 2 amide bonds. The fourth-order valence-corrected chi connectivity index (χ4v) is 3.39. The molecule has 0 radical (unpaired) electrons. The Kier molecular flexibility index (Phi) is 14.1. The lowest BCUT2D eigenvalue weighted by atomic mass is 10.1. The summed E-state index contributed by atoms with van der Waals surface area (Å²) in [5.74, 6) is -4.89. The normalized spacial score (nSPS) is 13.3. The molecule has 12 nitrogen and oxygen atoms in total. The predicted molar refractivity (Wildman–Crippen MR) is 146 cm³/mol. The fraction of sp³-hybridized carbons (Fsp3) is 0.333. The van der Waals surface area contributed by atoms with Crippen molar-refractivity contribution in [2.45, 2.75) is 18.9 Å². The highest BCUT2D eigenvalue weighted by atomic mass is 19.4. The van der Waals surface area contributed by atoms with E-state index >= 15 is 0 Å². The van der Waals surface area contributed by atoms with Gasteiger partial charge in [-0.15, -0.1) is 0 Å². The zero-order valence-corrected chi connectivity index (χ0v) is 23.3. The molecule has 0 bridgehead atoms. The van der Waals surface area contributed by atoms with Crippen LogP contribution in [0.5, 0.6) is 5.75 Å². The number of nitrogens with one attached hydrogen (secondary N) is 3. The minimum Gasteiger partial charge on any atom is -0.490 e. The van der Waals surface area contributed by atoms with Crippen LogP contribution in [0.3, 0.4) is 0 Å². The van der Waals surface area contributed by atoms with Gasteiger partial charge in [0.05, 0.1) is 25.1 Å². The Labute approximate surface area is 251 Å². The number of benzene rings is 2. The highest BCUT2D eigenvalue weighted by molar-refractivity contribution is 5.91. The number of nitrogens with zero attached hydrogens (tertiary/aromatic N) is 2. The van der Waals surface area contributed by atoms with Crippen molar-refractivity contribution in [2.24, 2.45) is 0 Å². The highest BCUT2D eigenvalue weighted by Gasteiger charge is 2.38. The summed E-state index contributed by atoms with van der Waals surface area (Å²) >= 11 is 0. The third-order valence-corrected chi connectivity index (χ3v) is 5.61. The van der Waals surface area contributed by atoms with Crippen LogP contribution < -0.4 is 15.4 Å². The molecule has 1 aliphatic heterocycles. The Morgan fingerprint density at radius 3 is 2.07 bits per heavy atom. The number of rotatable bonds is 8. The maximum atomic E-state index is 12.5. The van der Waals surface area contributed by atoms with E-state index in [0.717, 1.165) is 49.5 Å². The summed E-state index contributed by atoms with van der Waals surface area (Å²) < 4.78 is 75.0. The summed E-state index contributed by atoms with van der Waals surface area (Å²) in [5.41, 5.74) is 3.58. The number of hydrogen-bond donors (Lipinski definition) is 5.